The van der Waals surface area contributed by atoms with Gasteiger partial charge in [-0.2, -0.15) is 8.42 Å². The number of alkyl halides is 2. The van der Waals surface area contributed by atoms with Gasteiger partial charge in [-0.15, -0.1) is 0 Å². The molecule has 5 nitrogen and oxygen atoms in total. The molecule has 1 heterocycles. The first kappa shape index (κ1) is 15.7. The molecule has 9 heteroatoms. The molecule has 1 aromatic heterocycles. The lowest BCUT2D eigenvalue weighted by atomic mass is 9.86. The molecule has 0 aliphatic heterocycles. The minimum absolute atomic E-state index is 0.112. The van der Waals surface area contributed by atoms with Gasteiger partial charge >= 0.3 is 0 Å². The van der Waals surface area contributed by atoms with Crippen LogP contribution in [0.4, 0.5) is 13.2 Å². The smallest absolute Gasteiger partial charge is 0.274 e. The molecule has 0 spiro atoms. The maximum Gasteiger partial charge on any atom is 0.284 e. The predicted octanol–water partition coefficient (Wildman–Crippen LogP) is 1.85. The van der Waals surface area contributed by atoms with Crippen LogP contribution in [0.25, 0.3) is 0 Å². The van der Waals surface area contributed by atoms with E-state index in [1.54, 1.807) is 4.72 Å². The van der Waals surface area contributed by atoms with E-state index < -0.39 is 51.5 Å². The van der Waals surface area contributed by atoms with Crippen molar-refractivity contribution in [1.29, 1.82) is 0 Å². The summed E-state index contributed by atoms with van der Waals surface area (Å²) >= 11 is 0. The van der Waals surface area contributed by atoms with Crippen LogP contribution in [0.2, 0.25) is 0 Å². The van der Waals surface area contributed by atoms with E-state index in [1.807, 2.05) is 0 Å². The monoisotopic (exact) mass is 322 g/mol. The molecule has 1 aliphatic rings. The van der Waals surface area contributed by atoms with E-state index in [2.05, 4.69) is 4.98 Å². The number of amides is 1. The van der Waals surface area contributed by atoms with Gasteiger partial charge in [-0.25, -0.2) is 22.9 Å². The van der Waals surface area contributed by atoms with Gasteiger partial charge in [0.2, 0.25) is 16.9 Å². The van der Waals surface area contributed by atoms with Crippen molar-refractivity contribution in [3.8, 4) is 0 Å². The number of halogens is 3. The van der Waals surface area contributed by atoms with Crippen LogP contribution < -0.4 is 4.72 Å². The molecule has 0 atom stereocenters. The zero-order valence-electron chi connectivity index (χ0n) is 10.9. The molecule has 0 aromatic carbocycles. The first-order chi connectivity index (χ1) is 9.71. The molecule has 1 aliphatic carbocycles. The summed E-state index contributed by atoms with van der Waals surface area (Å²) in [7, 11) is -4.44. The highest BCUT2D eigenvalue weighted by atomic mass is 32.2. The fourth-order valence-electron chi connectivity index (χ4n) is 2.14. The Morgan fingerprint density at radius 1 is 1.33 bits per heavy atom. The Labute approximate surface area is 119 Å². The lowest BCUT2D eigenvalue weighted by molar-refractivity contribution is -0.127. The summed E-state index contributed by atoms with van der Waals surface area (Å²) in [5.41, 5.74) is 0. The minimum Gasteiger partial charge on any atom is -0.274 e. The van der Waals surface area contributed by atoms with Crippen LogP contribution in [0.15, 0.2) is 23.4 Å². The van der Waals surface area contributed by atoms with Gasteiger partial charge < -0.3 is 0 Å². The third kappa shape index (κ3) is 3.72. The molecule has 1 fully saturated rings. The van der Waals surface area contributed by atoms with Crippen LogP contribution in [-0.2, 0) is 14.8 Å². The number of aromatic nitrogens is 1. The van der Waals surface area contributed by atoms with Gasteiger partial charge in [0, 0.05) is 25.0 Å². The first-order valence-electron chi connectivity index (χ1n) is 6.26. The quantitative estimate of drug-likeness (QED) is 0.921. The lowest BCUT2D eigenvalue weighted by Crippen LogP contribution is -2.39. The van der Waals surface area contributed by atoms with Crippen molar-refractivity contribution in [2.75, 3.05) is 0 Å². The summed E-state index contributed by atoms with van der Waals surface area (Å²) in [6.45, 7) is 0. The molecule has 116 valence electrons. The molecule has 21 heavy (non-hydrogen) atoms. The van der Waals surface area contributed by atoms with Gasteiger partial charge in [0.15, 0.2) is 5.82 Å². The molecule has 0 saturated heterocycles. The second-order valence-corrected chi connectivity index (χ2v) is 6.49. The fourth-order valence-corrected chi connectivity index (χ4v) is 3.19. The number of hydrogen-bond acceptors (Lipinski definition) is 4. The number of carbonyl (C=O) groups is 1. The third-order valence-corrected chi connectivity index (χ3v) is 4.58. The molecule has 0 radical (unpaired) electrons. The summed E-state index contributed by atoms with van der Waals surface area (Å²) in [5, 5.41) is -0.889. The van der Waals surface area contributed by atoms with Crippen LogP contribution in [-0.4, -0.2) is 25.2 Å². The molecule has 0 bridgehead atoms. The number of hydrogen-bond donors (Lipinski definition) is 1. The maximum atomic E-state index is 13.4. The van der Waals surface area contributed by atoms with Gasteiger partial charge in [-0.1, -0.05) is 0 Å². The average Bonchev–Trinajstić information content (AvgIpc) is 2.38. The second kappa shape index (κ2) is 5.63. The number of rotatable bonds is 3. The number of nitrogens with one attached hydrogen (secondary N) is 1. The van der Waals surface area contributed by atoms with Gasteiger partial charge in [0.05, 0.1) is 0 Å². The van der Waals surface area contributed by atoms with E-state index >= 15 is 0 Å². The Hall–Kier alpha value is -1.64. The predicted molar refractivity (Wildman–Crippen MR) is 66.4 cm³/mol. The number of carbonyl (C=O) groups excluding carboxylic acids is 1. The summed E-state index contributed by atoms with van der Waals surface area (Å²) in [6, 6.07) is 2.10. The Morgan fingerprint density at radius 3 is 2.52 bits per heavy atom. The van der Waals surface area contributed by atoms with E-state index in [1.165, 1.54) is 6.07 Å². The van der Waals surface area contributed by atoms with Crippen molar-refractivity contribution in [2.45, 2.75) is 36.6 Å². The van der Waals surface area contributed by atoms with Crippen LogP contribution >= 0.6 is 0 Å². The molecule has 1 N–H and O–H groups in total. The Morgan fingerprint density at radius 2 is 1.95 bits per heavy atom. The molecule has 2 rings (SSSR count). The van der Waals surface area contributed by atoms with Crippen molar-refractivity contribution in [3.05, 3.63) is 24.1 Å². The number of pyridine rings is 1. The highest BCUT2D eigenvalue weighted by Gasteiger charge is 2.38. The number of sulfonamides is 1. The Balaban J connectivity index is 2.08. The van der Waals surface area contributed by atoms with Crippen LogP contribution in [0.3, 0.4) is 0 Å². The second-order valence-electron chi connectivity index (χ2n) is 4.89. The van der Waals surface area contributed by atoms with Crippen LogP contribution in [0, 0.1) is 11.7 Å². The summed E-state index contributed by atoms with van der Waals surface area (Å²) in [5.74, 6) is -5.64. The third-order valence-electron chi connectivity index (χ3n) is 3.30. The molecule has 1 amide bonds. The van der Waals surface area contributed by atoms with E-state index in [9.17, 15) is 26.4 Å². The maximum absolute atomic E-state index is 13.4. The van der Waals surface area contributed by atoms with Crippen molar-refractivity contribution in [2.24, 2.45) is 5.92 Å². The van der Waals surface area contributed by atoms with E-state index in [4.69, 9.17) is 0 Å². The normalized spacial score (nSPS) is 19.2. The molecule has 1 aromatic rings. The van der Waals surface area contributed by atoms with E-state index in [-0.39, 0.29) is 12.8 Å². The summed E-state index contributed by atoms with van der Waals surface area (Å²) in [6.07, 6.45) is -0.0897. The first-order valence-corrected chi connectivity index (χ1v) is 7.75. The van der Waals surface area contributed by atoms with Gasteiger partial charge in [0.25, 0.3) is 10.0 Å². The van der Waals surface area contributed by atoms with Crippen LogP contribution in [0.5, 0.6) is 0 Å². The van der Waals surface area contributed by atoms with E-state index in [0.717, 1.165) is 12.3 Å². The average molecular weight is 322 g/mol. The van der Waals surface area contributed by atoms with E-state index in [0.29, 0.717) is 0 Å². The van der Waals surface area contributed by atoms with Crippen molar-refractivity contribution >= 4 is 15.9 Å². The highest BCUT2D eigenvalue weighted by Crippen LogP contribution is 2.36. The largest absolute Gasteiger partial charge is 0.284 e. The van der Waals surface area contributed by atoms with Gasteiger partial charge in [-0.3, -0.25) is 4.79 Å². The van der Waals surface area contributed by atoms with Gasteiger partial charge in [0.1, 0.15) is 0 Å². The Kier molecular flexibility index (Phi) is 4.22. The molecule has 0 unspecified atom stereocenters. The van der Waals surface area contributed by atoms with Crippen molar-refractivity contribution < 1.29 is 26.4 Å². The standard InChI is InChI=1S/C12H13F3N2O3S/c13-9-2-1-7-16-11(9)21(19,20)17-10(18)8-3-5-12(14,15)6-4-8/h1-2,7-8H,3-6H2,(H,17,18). The number of nitrogens with zero attached hydrogens (tertiary/aromatic N) is 1. The van der Waals surface area contributed by atoms with Crippen LogP contribution in [0.1, 0.15) is 25.7 Å². The SMILES string of the molecule is O=C(NS(=O)(=O)c1ncccc1F)C1CCC(F)(F)CC1. The highest BCUT2D eigenvalue weighted by molar-refractivity contribution is 7.90. The molecule has 1 saturated carbocycles. The summed E-state index contributed by atoms with van der Waals surface area (Å²) < 4.78 is 64.8. The lowest BCUT2D eigenvalue weighted by Gasteiger charge is -2.27. The summed E-state index contributed by atoms with van der Waals surface area (Å²) in [4.78, 5) is 15.2. The zero-order valence-corrected chi connectivity index (χ0v) is 11.7. The fraction of sp³-hybridized carbons (Fsp3) is 0.500. The van der Waals surface area contributed by atoms with Crippen molar-refractivity contribution in [3.63, 3.8) is 0 Å². The Bertz CT molecular complexity index is 639. The van der Waals surface area contributed by atoms with Gasteiger partial charge in [-0.05, 0) is 25.0 Å². The molecular formula is C12H13F3N2O3S. The zero-order chi connectivity index (χ0) is 15.7. The molecular weight excluding hydrogens is 309 g/mol. The minimum atomic E-state index is -4.44. The van der Waals surface area contributed by atoms with Crippen molar-refractivity contribution in [1.82, 2.24) is 9.71 Å². The topological polar surface area (TPSA) is 76.1 Å².